The summed E-state index contributed by atoms with van der Waals surface area (Å²) in [6.07, 6.45) is 0. The lowest BCUT2D eigenvalue weighted by molar-refractivity contribution is -0.121. The number of aryl methyl sites for hydroxylation is 2. The number of amides is 1. The molecule has 0 radical (unpaired) electrons. The van der Waals surface area contributed by atoms with Crippen LogP contribution in [-0.4, -0.2) is 30.1 Å². The van der Waals surface area contributed by atoms with Gasteiger partial charge in [-0.05, 0) is 54.9 Å². The Balaban J connectivity index is 1.73. The van der Waals surface area contributed by atoms with Gasteiger partial charge in [0, 0.05) is 19.0 Å². The van der Waals surface area contributed by atoms with E-state index in [2.05, 4.69) is 42.2 Å². The Morgan fingerprint density at radius 3 is 2.50 bits per heavy atom. The van der Waals surface area contributed by atoms with Crippen molar-refractivity contribution in [1.82, 2.24) is 4.90 Å². The molecule has 0 atom stereocenters. The Bertz CT molecular complexity index is 981. The number of nitrogens with zero attached hydrogens (tertiary/aromatic N) is 3. The van der Waals surface area contributed by atoms with Gasteiger partial charge in [0.15, 0.2) is 5.17 Å². The first kappa shape index (κ1) is 17.2. The fourth-order valence-corrected chi connectivity index (χ4v) is 5.24. The number of amidine groups is 1. The first-order valence-electron chi connectivity index (χ1n) is 8.32. The minimum Gasteiger partial charge on any atom is -0.337 e. The largest absolute Gasteiger partial charge is 0.337 e. The van der Waals surface area contributed by atoms with E-state index in [4.69, 9.17) is 4.99 Å². The molecule has 1 saturated heterocycles. The second-order valence-corrected chi connectivity index (χ2v) is 8.42. The zero-order chi connectivity index (χ0) is 18.4. The predicted molar refractivity (Wildman–Crippen MR) is 111 cm³/mol. The number of benzene rings is 2. The molecule has 2 aliphatic heterocycles. The summed E-state index contributed by atoms with van der Waals surface area (Å²) in [6.45, 7) is 4.09. The van der Waals surface area contributed by atoms with Crippen LogP contribution in [0, 0.1) is 13.8 Å². The number of para-hydroxylation sites is 1. The molecule has 2 aliphatic rings. The summed E-state index contributed by atoms with van der Waals surface area (Å²) in [7, 11) is 3.80. The van der Waals surface area contributed by atoms with E-state index >= 15 is 0 Å². The normalized spacial score (nSPS) is 21.1. The quantitative estimate of drug-likeness (QED) is 0.658. The van der Waals surface area contributed by atoms with Gasteiger partial charge in [-0.1, -0.05) is 36.0 Å². The number of anilines is 1. The van der Waals surface area contributed by atoms with Gasteiger partial charge in [-0.15, -0.1) is 0 Å². The summed E-state index contributed by atoms with van der Waals surface area (Å²) in [4.78, 5) is 23.3. The SMILES string of the molecule is Cc1ccc(C)c(N=C2SC(=C3Sc4ccccc4N3C)C(=O)N2C)c1. The molecular formula is C20H19N3OS2. The molecule has 132 valence electrons. The lowest BCUT2D eigenvalue weighted by atomic mass is 10.1. The van der Waals surface area contributed by atoms with E-state index in [1.54, 1.807) is 23.7 Å². The van der Waals surface area contributed by atoms with Crippen LogP contribution in [0.5, 0.6) is 0 Å². The molecule has 1 fully saturated rings. The van der Waals surface area contributed by atoms with Crippen LogP contribution in [0.25, 0.3) is 0 Å². The summed E-state index contributed by atoms with van der Waals surface area (Å²) in [5.41, 5.74) is 4.31. The maximum Gasteiger partial charge on any atom is 0.269 e. The Morgan fingerprint density at radius 2 is 1.73 bits per heavy atom. The highest BCUT2D eigenvalue weighted by Crippen LogP contribution is 2.49. The molecule has 26 heavy (non-hydrogen) atoms. The molecule has 2 aromatic rings. The first-order chi connectivity index (χ1) is 12.5. The standard InChI is InChI=1S/C20H19N3OS2/c1-12-9-10-13(2)14(11-12)21-20-23(4)18(24)17(26-20)19-22(3)15-7-5-6-8-16(15)25-19/h5-11H,1-4H3. The van der Waals surface area contributed by atoms with E-state index in [9.17, 15) is 4.79 Å². The number of hydrogen-bond donors (Lipinski definition) is 0. The van der Waals surface area contributed by atoms with Crippen LogP contribution in [0.4, 0.5) is 11.4 Å². The summed E-state index contributed by atoms with van der Waals surface area (Å²) >= 11 is 3.09. The van der Waals surface area contributed by atoms with Crippen molar-refractivity contribution in [2.75, 3.05) is 19.0 Å². The van der Waals surface area contributed by atoms with Crippen molar-refractivity contribution >= 4 is 46.0 Å². The fourth-order valence-electron chi connectivity index (χ4n) is 2.92. The van der Waals surface area contributed by atoms with Gasteiger partial charge < -0.3 is 4.90 Å². The molecule has 4 nitrogen and oxygen atoms in total. The number of rotatable bonds is 1. The van der Waals surface area contributed by atoms with Crippen molar-refractivity contribution in [3.63, 3.8) is 0 Å². The molecule has 0 spiro atoms. The van der Waals surface area contributed by atoms with Gasteiger partial charge in [0.2, 0.25) is 0 Å². The Morgan fingerprint density at radius 1 is 0.962 bits per heavy atom. The number of fused-ring (bicyclic) bond motifs is 1. The van der Waals surface area contributed by atoms with Gasteiger partial charge in [0.1, 0.15) is 4.91 Å². The number of carbonyl (C=O) groups excluding carboxylic acids is 1. The van der Waals surface area contributed by atoms with Crippen LogP contribution in [0.2, 0.25) is 0 Å². The van der Waals surface area contributed by atoms with Crippen LogP contribution >= 0.6 is 23.5 Å². The van der Waals surface area contributed by atoms with Crippen LogP contribution < -0.4 is 4.90 Å². The molecule has 0 N–H and O–H groups in total. The van der Waals surface area contributed by atoms with E-state index in [1.165, 1.54) is 16.7 Å². The van der Waals surface area contributed by atoms with Gasteiger partial charge >= 0.3 is 0 Å². The fraction of sp³-hybridized carbons (Fsp3) is 0.200. The minimum atomic E-state index is 0.00112. The Hall–Kier alpha value is -2.18. The lowest BCUT2D eigenvalue weighted by Gasteiger charge is -2.14. The van der Waals surface area contributed by atoms with Crippen molar-refractivity contribution in [1.29, 1.82) is 0 Å². The van der Waals surface area contributed by atoms with E-state index < -0.39 is 0 Å². The molecular weight excluding hydrogens is 362 g/mol. The summed E-state index contributed by atoms with van der Waals surface area (Å²) < 4.78 is 0. The second kappa shape index (κ2) is 6.52. The average Bonchev–Trinajstić information content (AvgIpc) is 3.10. The molecule has 0 aromatic heterocycles. The summed E-state index contributed by atoms with van der Waals surface area (Å²) in [6, 6.07) is 14.4. The number of carbonyl (C=O) groups is 1. The molecule has 0 unspecified atom stereocenters. The van der Waals surface area contributed by atoms with Crippen molar-refractivity contribution < 1.29 is 4.79 Å². The van der Waals surface area contributed by atoms with E-state index in [1.807, 2.05) is 26.1 Å². The number of aliphatic imine (C=N–C) groups is 1. The zero-order valence-corrected chi connectivity index (χ0v) is 16.7. The highest BCUT2D eigenvalue weighted by Gasteiger charge is 2.37. The molecule has 0 bridgehead atoms. The third-order valence-corrected chi connectivity index (χ3v) is 6.98. The molecule has 1 amide bonds. The summed E-state index contributed by atoms with van der Waals surface area (Å²) in [5, 5.41) is 1.69. The maximum atomic E-state index is 12.9. The molecule has 0 saturated carbocycles. The zero-order valence-electron chi connectivity index (χ0n) is 15.1. The van der Waals surface area contributed by atoms with Gasteiger partial charge in [-0.2, -0.15) is 0 Å². The molecule has 2 aromatic carbocycles. The molecule has 0 aliphatic carbocycles. The second-order valence-electron chi connectivity index (χ2n) is 6.41. The number of hydrogen-bond acceptors (Lipinski definition) is 5. The third-order valence-electron chi connectivity index (χ3n) is 4.49. The average molecular weight is 382 g/mol. The van der Waals surface area contributed by atoms with Crippen LogP contribution in [-0.2, 0) is 4.79 Å². The van der Waals surface area contributed by atoms with Crippen LogP contribution in [0.3, 0.4) is 0 Å². The number of thioether (sulfide) groups is 2. The molecule has 6 heteroatoms. The van der Waals surface area contributed by atoms with Crippen LogP contribution in [0.1, 0.15) is 11.1 Å². The van der Waals surface area contributed by atoms with Crippen molar-refractivity contribution in [3.8, 4) is 0 Å². The monoisotopic (exact) mass is 381 g/mol. The molecule has 4 rings (SSSR count). The Kier molecular flexibility index (Phi) is 4.32. The van der Waals surface area contributed by atoms with E-state index in [-0.39, 0.29) is 5.91 Å². The summed E-state index contributed by atoms with van der Waals surface area (Å²) in [5.74, 6) is 0.00112. The van der Waals surface area contributed by atoms with Gasteiger partial charge in [-0.3, -0.25) is 9.69 Å². The van der Waals surface area contributed by atoms with E-state index in [0.717, 1.165) is 37.6 Å². The van der Waals surface area contributed by atoms with Gasteiger partial charge in [0.25, 0.3) is 5.91 Å². The highest BCUT2D eigenvalue weighted by atomic mass is 32.2. The van der Waals surface area contributed by atoms with Gasteiger partial charge in [0.05, 0.1) is 16.4 Å². The maximum absolute atomic E-state index is 12.9. The highest BCUT2D eigenvalue weighted by molar-refractivity contribution is 8.19. The van der Waals surface area contributed by atoms with Gasteiger partial charge in [-0.25, -0.2) is 4.99 Å². The van der Waals surface area contributed by atoms with E-state index in [0.29, 0.717) is 0 Å². The van der Waals surface area contributed by atoms with Crippen molar-refractivity contribution in [2.45, 2.75) is 18.7 Å². The predicted octanol–water partition coefficient (Wildman–Crippen LogP) is 4.91. The molecule has 2 heterocycles. The Labute approximate surface area is 162 Å². The topological polar surface area (TPSA) is 35.9 Å². The van der Waals surface area contributed by atoms with Crippen molar-refractivity contribution in [2.24, 2.45) is 4.99 Å². The first-order valence-corrected chi connectivity index (χ1v) is 9.96. The minimum absolute atomic E-state index is 0.00112. The van der Waals surface area contributed by atoms with Crippen LogP contribution in [0.15, 0.2) is 62.3 Å². The lowest BCUT2D eigenvalue weighted by Crippen LogP contribution is -2.24. The van der Waals surface area contributed by atoms with Crippen molar-refractivity contribution in [3.05, 3.63) is 63.5 Å². The third kappa shape index (κ3) is 2.83. The number of likely N-dealkylation sites (N-methyl/N-ethyl adjacent to an activating group) is 1. The smallest absolute Gasteiger partial charge is 0.269 e.